The first-order chi connectivity index (χ1) is 8.06. The summed E-state index contributed by atoms with van der Waals surface area (Å²) in [5, 5.41) is 0. The number of carbonyl (C=O) groups excluding carboxylic acids is 2. The molecule has 0 unspecified atom stereocenters. The number of terminal acetylenes is 1. The molecule has 17 heavy (non-hydrogen) atoms. The van der Waals surface area contributed by atoms with E-state index in [1.165, 1.54) is 17.0 Å². The van der Waals surface area contributed by atoms with Gasteiger partial charge in [0.05, 0.1) is 15.7 Å². The van der Waals surface area contributed by atoms with Crippen LogP contribution in [-0.2, 0) is 4.79 Å². The van der Waals surface area contributed by atoms with Gasteiger partial charge in [0.25, 0.3) is 11.7 Å². The van der Waals surface area contributed by atoms with Gasteiger partial charge in [0, 0.05) is 13.0 Å². The number of anilines is 1. The minimum absolute atomic E-state index is 0.163. The minimum Gasteiger partial charge on any atom is -0.304 e. The summed E-state index contributed by atoms with van der Waals surface area (Å²) < 4.78 is 13.6. The van der Waals surface area contributed by atoms with Gasteiger partial charge in [-0.25, -0.2) is 4.39 Å². The summed E-state index contributed by atoms with van der Waals surface area (Å²) >= 11 is 2.98. The summed E-state index contributed by atoms with van der Waals surface area (Å²) in [5.41, 5.74) is 0.497. The molecule has 5 heteroatoms. The highest BCUT2D eigenvalue weighted by Crippen LogP contribution is 2.33. The van der Waals surface area contributed by atoms with Crippen molar-refractivity contribution < 1.29 is 14.0 Å². The van der Waals surface area contributed by atoms with Gasteiger partial charge in [0.15, 0.2) is 0 Å². The molecule has 1 heterocycles. The molecular weight excluding hydrogens is 289 g/mol. The van der Waals surface area contributed by atoms with Crippen LogP contribution < -0.4 is 4.90 Å². The molecule has 0 atom stereocenters. The molecular formula is C12H7BrFNO2. The van der Waals surface area contributed by atoms with Crippen LogP contribution in [0.25, 0.3) is 0 Å². The van der Waals surface area contributed by atoms with Gasteiger partial charge in [0.1, 0.15) is 5.82 Å². The maximum absolute atomic E-state index is 13.4. The highest BCUT2D eigenvalue weighted by molar-refractivity contribution is 9.10. The first kappa shape index (κ1) is 11.8. The van der Waals surface area contributed by atoms with Crippen molar-refractivity contribution in [2.24, 2.45) is 0 Å². The Hall–Kier alpha value is -1.67. The summed E-state index contributed by atoms with van der Waals surface area (Å²) in [7, 11) is 0. The zero-order valence-corrected chi connectivity index (χ0v) is 10.3. The van der Waals surface area contributed by atoms with E-state index >= 15 is 0 Å². The summed E-state index contributed by atoms with van der Waals surface area (Å²) in [6.07, 6.45) is 5.42. The van der Waals surface area contributed by atoms with Gasteiger partial charge in [0.2, 0.25) is 0 Å². The Labute approximate surface area is 106 Å². The van der Waals surface area contributed by atoms with Crippen LogP contribution in [0.3, 0.4) is 0 Å². The normalized spacial score (nSPS) is 13.8. The van der Waals surface area contributed by atoms with Crippen molar-refractivity contribution in [3.05, 3.63) is 28.0 Å². The van der Waals surface area contributed by atoms with Crippen LogP contribution in [-0.4, -0.2) is 18.2 Å². The number of hydrogen-bond acceptors (Lipinski definition) is 2. The van der Waals surface area contributed by atoms with Crippen LogP contribution in [0.15, 0.2) is 16.6 Å². The van der Waals surface area contributed by atoms with Crippen molar-refractivity contribution in [3.8, 4) is 12.3 Å². The Morgan fingerprint density at radius 1 is 1.41 bits per heavy atom. The molecule has 0 spiro atoms. The van der Waals surface area contributed by atoms with Gasteiger partial charge in [-0.15, -0.1) is 12.3 Å². The fraction of sp³-hybridized carbons (Fsp3) is 0.167. The Morgan fingerprint density at radius 2 is 2.12 bits per heavy atom. The van der Waals surface area contributed by atoms with Gasteiger partial charge in [-0.3, -0.25) is 9.59 Å². The van der Waals surface area contributed by atoms with E-state index in [0.717, 1.165) is 0 Å². The van der Waals surface area contributed by atoms with Gasteiger partial charge >= 0.3 is 0 Å². The van der Waals surface area contributed by atoms with Crippen LogP contribution in [0.5, 0.6) is 0 Å². The zero-order valence-electron chi connectivity index (χ0n) is 8.67. The largest absolute Gasteiger partial charge is 0.304 e. The number of nitrogens with zero attached hydrogens (tertiary/aromatic N) is 1. The lowest BCUT2D eigenvalue weighted by atomic mass is 10.1. The number of amides is 1. The van der Waals surface area contributed by atoms with E-state index < -0.39 is 17.5 Å². The van der Waals surface area contributed by atoms with Crippen LogP contribution in [0.2, 0.25) is 0 Å². The van der Waals surface area contributed by atoms with E-state index in [1.54, 1.807) is 0 Å². The quantitative estimate of drug-likeness (QED) is 0.619. The highest BCUT2D eigenvalue weighted by Gasteiger charge is 2.36. The second-order valence-electron chi connectivity index (χ2n) is 3.52. The minimum atomic E-state index is -0.659. The Morgan fingerprint density at radius 3 is 2.76 bits per heavy atom. The molecule has 1 aliphatic rings. The fourth-order valence-corrected chi connectivity index (χ4v) is 2.03. The van der Waals surface area contributed by atoms with E-state index in [2.05, 4.69) is 21.9 Å². The molecule has 3 nitrogen and oxygen atoms in total. The van der Waals surface area contributed by atoms with Gasteiger partial charge in [-0.05, 0) is 28.1 Å². The molecule has 0 fully saturated rings. The van der Waals surface area contributed by atoms with Crippen molar-refractivity contribution in [1.82, 2.24) is 0 Å². The predicted molar refractivity (Wildman–Crippen MR) is 64.2 cm³/mol. The Kier molecular flexibility index (Phi) is 2.99. The highest BCUT2D eigenvalue weighted by atomic mass is 79.9. The smallest absolute Gasteiger partial charge is 0.299 e. The lowest BCUT2D eigenvalue weighted by Crippen LogP contribution is -2.30. The molecule has 1 aliphatic heterocycles. The second-order valence-corrected chi connectivity index (χ2v) is 4.38. The molecule has 86 valence electrons. The number of rotatable bonds is 2. The molecule has 0 saturated carbocycles. The van der Waals surface area contributed by atoms with Crippen molar-refractivity contribution in [2.75, 3.05) is 11.4 Å². The summed E-state index contributed by atoms with van der Waals surface area (Å²) in [4.78, 5) is 24.5. The van der Waals surface area contributed by atoms with Gasteiger partial charge < -0.3 is 4.90 Å². The fourth-order valence-electron chi connectivity index (χ4n) is 1.69. The molecule has 2 rings (SSSR count). The van der Waals surface area contributed by atoms with E-state index in [9.17, 15) is 14.0 Å². The third-order valence-electron chi connectivity index (χ3n) is 2.49. The maximum atomic E-state index is 13.4. The SMILES string of the molecule is C#CCCN1C(=O)C(=O)c2cc(Br)c(F)cc21. The van der Waals surface area contributed by atoms with E-state index in [-0.39, 0.29) is 22.3 Å². The van der Waals surface area contributed by atoms with Crippen LogP contribution in [0, 0.1) is 18.2 Å². The van der Waals surface area contributed by atoms with Crippen LogP contribution >= 0.6 is 15.9 Å². The predicted octanol–water partition coefficient (Wildman–Crippen LogP) is 2.14. The monoisotopic (exact) mass is 295 g/mol. The molecule has 0 aliphatic carbocycles. The third kappa shape index (κ3) is 1.85. The number of hydrogen-bond donors (Lipinski definition) is 0. The van der Waals surface area contributed by atoms with Gasteiger partial charge in [-0.1, -0.05) is 0 Å². The molecule has 0 saturated heterocycles. The van der Waals surface area contributed by atoms with Gasteiger partial charge in [-0.2, -0.15) is 0 Å². The zero-order chi connectivity index (χ0) is 12.6. The van der Waals surface area contributed by atoms with E-state index in [1.807, 2.05) is 0 Å². The molecule has 1 aromatic carbocycles. The Balaban J connectivity index is 2.49. The average Bonchev–Trinajstić information content (AvgIpc) is 2.52. The van der Waals surface area contributed by atoms with E-state index in [4.69, 9.17) is 6.42 Å². The van der Waals surface area contributed by atoms with Crippen molar-refractivity contribution >= 4 is 33.3 Å². The van der Waals surface area contributed by atoms with Crippen LogP contribution in [0.1, 0.15) is 16.8 Å². The number of halogens is 2. The average molecular weight is 296 g/mol. The Bertz CT molecular complexity index is 562. The number of Topliss-reactive ketones (excluding diaryl/α,β-unsaturated/α-hetero) is 1. The topological polar surface area (TPSA) is 37.4 Å². The summed E-state index contributed by atoms with van der Waals surface area (Å²) in [5.74, 6) is 0.575. The maximum Gasteiger partial charge on any atom is 0.299 e. The number of fused-ring (bicyclic) bond motifs is 1. The molecule has 1 amide bonds. The van der Waals surface area contributed by atoms with Crippen molar-refractivity contribution in [3.63, 3.8) is 0 Å². The van der Waals surface area contributed by atoms with Crippen molar-refractivity contribution in [2.45, 2.75) is 6.42 Å². The molecule has 0 N–H and O–H groups in total. The number of carbonyl (C=O) groups is 2. The third-order valence-corrected chi connectivity index (χ3v) is 3.10. The number of ketones is 1. The lowest BCUT2D eigenvalue weighted by Gasteiger charge is -2.14. The molecule has 1 aromatic rings. The standard InChI is InChI=1S/C12H7BrFNO2/c1-2-3-4-15-10-6-9(14)8(13)5-7(10)11(16)12(15)17/h1,5-6H,3-4H2. The molecule has 0 bridgehead atoms. The lowest BCUT2D eigenvalue weighted by molar-refractivity contribution is -0.114. The first-order valence-electron chi connectivity index (χ1n) is 4.85. The van der Waals surface area contributed by atoms with Crippen LogP contribution in [0.4, 0.5) is 10.1 Å². The van der Waals surface area contributed by atoms with E-state index in [0.29, 0.717) is 6.42 Å². The summed E-state index contributed by atoms with van der Waals surface area (Å²) in [6.45, 7) is 0.217. The molecule has 0 radical (unpaired) electrons. The summed E-state index contributed by atoms with van der Waals surface area (Å²) in [6, 6.07) is 2.49. The van der Waals surface area contributed by atoms with Crippen molar-refractivity contribution in [1.29, 1.82) is 0 Å². The first-order valence-corrected chi connectivity index (χ1v) is 5.64. The molecule has 0 aromatic heterocycles. The number of benzene rings is 1. The second kappa shape index (κ2) is 4.30.